The van der Waals surface area contributed by atoms with E-state index in [9.17, 15) is 24.0 Å². The molecule has 1 heterocycles. The summed E-state index contributed by atoms with van der Waals surface area (Å²) in [6, 6.07) is 6.53. The Labute approximate surface area is 341 Å². The Morgan fingerprint density at radius 1 is 0.912 bits per heavy atom. The van der Waals surface area contributed by atoms with Crippen molar-refractivity contribution in [3.05, 3.63) is 46.0 Å². The molecule has 0 spiro atoms. The number of ether oxygens (including phenoxy) is 4. The normalized spacial score (nSPS) is 26.0. The number of rotatable bonds is 16. The standard InChI is InChI=1S/C45H71N3O9/c1-25-20-34(21-26(2)44(10,11)42(52)47-45(12,13)43(53)46-18-19-48(14)15)16-17-35(25)22-37-28(4)27(3)29(5)39(30(37)6)41-40(56-33(9)51)38(55-32(8)50)23-36(57-41)24-54-31(7)49/h16-17,20,26-27,29-30,36,38-41H,18-19,21-24H2,1-15H3,(H,46,53)(H,47,52). The SMILES string of the molecule is CC(=O)OCC1CC(OC(C)=O)C(OC(C)=O)C(C2C(C)C(Cc3ccc(CC(C)C(C)(C)C(=O)NC(C)(C)C(=O)NCCN(C)C)cc3C)=C(C)C(C)C2C)O1. The van der Waals surface area contributed by atoms with Crippen LogP contribution in [0.5, 0.6) is 0 Å². The van der Waals surface area contributed by atoms with Gasteiger partial charge in [-0.2, -0.15) is 0 Å². The predicted octanol–water partition coefficient (Wildman–Crippen LogP) is 5.75. The summed E-state index contributed by atoms with van der Waals surface area (Å²) in [5.41, 5.74) is 4.27. The average Bonchev–Trinajstić information content (AvgIpc) is 3.09. The summed E-state index contributed by atoms with van der Waals surface area (Å²) in [5, 5.41) is 5.92. The quantitative estimate of drug-likeness (QED) is 0.120. The van der Waals surface area contributed by atoms with Crippen molar-refractivity contribution in [3.8, 4) is 0 Å². The Bertz CT molecular complexity index is 1650. The van der Waals surface area contributed by atoms with E-state index in [1.807, 2.05) is 32.8 Å². The topological polar surface area (TPSA) is 150 Å². The van der Waals surface area contributed by atoms with E-state index in [1.54, 1.807) is 13.8 Å². The first kappa shape index (κ1) is 47.6. The van der Waals surface area contributed by atoms with Gasteiger partial charge in [0.15, 0.2) is 6.10 Å². The van der Waals surface area contributed by atoms with Crippen LogP contribution < -0.4 is 10.6 Å². The molecule has 0 aromatic heterocycles. The van der Waals surface area contributed by atoms with Gasteiger partial charge in [-0.1, -0.05) is 70.9 Å². The summed E-state index contributed by atoms with van der Waals surface area (Å²) >= 11 is 0. The molecule has 1 fully saturated rings. The summed E-state index contributed by atoms with van der Waals surface area (Å²) in [6.45, 7) is 25.6. The zero-order valence-corrected chi connectivity index (χ0v) is 37.3. The molecule has 57 heavy (non-hydrogen) atoms. The van der Waals surface area contributed by atoms with Gasteiger partial charge in [0.2, 0.25) is 11.8 Å². The molecular formula is C45H71N3O9. The van der Waals surface area contributed by atoms with Crippen LogP contribution in [0.3, 0.4) is 0 Å². The molecule has 9 atom stereocenters. The molecular weight excluding hydrogens is 727 g/mol. The van der Waals surface area contributed by atoms with E-state index >= 15 is 0 Å². The van der Waals surface area contributed by atoms with E-state index in [-0.39, 0.29) is 54.4 Å². The molecule has 9 unspecified atom stereocenters. The van der Waals surface area contributed by atoms with Crippen molar-refractivity contribution < 1.29 is 42.9 Å². The number of hydrogen-bond donors (Lipinski definition) is 2. The van der Waals surface area contributed by atoms with Crippen LogP contribution in [0.1, 0.15) is 106 Å². The van der Waals surface area contributed by atoms with Gasteiger partial charge in [-0.05, 0) is 101 Å². The van der Waals surface area contributed by atoms with Crippen molar-refractivity contribution >= 4 is 29.7 Å². The van der Waals surface area contributed by atoms with E-state index in [0.717, 1.165) is 17.5 Å². The lowest BCUT2D eigenvalue weighted by molar-refractivity contribution is -0.229. The van der Waals surface area contributed by atoms with Gasteiger partial charge in [-0.3, -0.25) is 24.0 Å². The van der Waals surface area contributed by atoms with Crippen LogP contribution in [0.25, 0.3) is 0 Å². The molecule has 12 nitrogen and oxygen atoms in total. The molecule has 12 heteroatoms. The number of carbonyl (C=O) groups excluding carboxylic acids is 5. The number of nitrogens with zero attached hydrogens (tertiary/aromatic N) is 1. The molecule has 1 aliphatic carbocycles. The van der Waals surface area contributed by atoms with Crippen LogP contribution in [-0.4, -0.2) is 98.4 Å². The molecule has 1 aliphatic heterocycles. The first-order valence-electron chi connectivity index (χ1n) is 20.5. The van der Waals surface area contributed by atoms with Crippen molar-refractivity contribution in [2.24, 2.45) is 35.0 Å². The van der Waals surface area contributed by atoms with Crippen molar-refractivity contribution in [2.75, 3.05) is 33.8 Å². The van der Waals surface area contributed by atoms with Gasteiger partial charge in [0.25, 0.3) is 0 Å². The number of benzene rings is 1. The smallest absolute Gasteiger partial charge is 0.303 e. The Morgan fingerprint density at radius 2 is 1.54 bits per heavy atom. The number of allylic oxidation sites excluding steroid dienone is 2. The fourth-order valence-corrected chi connectivity index (χ4v) is 8.44. The molecule has 2 amide bonds. The third-order valence-corrected chi connectivity index (χ3v) is 12.7. The number of amides is 2. The number of aryl methyl sites for hydroxylation is 1. The zero-order chi connectivity index (χ0) is 43.2. The first-order chi connectivity index (χ1) is 26.4. The highest BCUT2D eigenvalue weighted by Gasteiger charge is 2.52. The molecule has 0 saturated carbocycles. The van der Waals surface area contributed by atoms with E-state index in [4.69, 9.17) is 18.9 Å². The van der Waals surface area contributed by atoms with E-state index in [2.05, 4.69) is 70.4 Å². The van der Waals surface area contributed by atoms with Gasteiger partial charge in [-0.15, -0.1) is 0 Å². The van der Waals surface area contributed by atoms with Crippen molar-refractivity contribution in [2.45, 2.75) is 139 Å². The van der Waals surface area contributed by atoms with Gasteiger partial charge < -0.3 is 34.5 Å². The fourth-order valence-electron chi connectivity index (χ4n) is 8.44. The highest BCUT2D eigenvalue weighted by Crippen LogP contribution is 2.48. The molecule has 0 bridgehead atoms. The number of likely N-dealkylation sites (N-methyl/N-ethyl adjacent to an activating group) is 1. The van der Waals surface area contributed by atoms with Gasteiger partial charge >= 0.3 is 17.9 Å². The minimum absolute atomic E-state index is 0.00159. The van der Waals surface area contributed by atoms with Crippen molar-refractivity contribution in [1.29, 1.82) is 0 Å². The monoisotopic (exact) mass is 798 g/mol. The molecule has 320 valence electrons. The summed E-state index contributed by atoms with van der Waals surface area (Å²) in [4.78, 5) is 65.0. The molecule has 0 radical (unpaired) electrons. The van der Waals surface area contributed by atoms with Crippen LogP contribution >= 0.6 is 0 Å². The van der Waals surface area contributed by atoms with Crippen LogP contribution in [0, 0.1) is 41.9 Å². The van der Waals surface area contributed by atoms with Crippen molar-refractivity contribution in [3.63, 3.8) is 0 Å². The number of hydrogen-bond acceptors (Lipinski definition) is 10. The highest BCUT2D eigenvalue weighted by atomic mass is 16.6. The molecule has 3 rings (SSSR count). The average molecular weight is 798 g/mol. The number of carbonyl (C=O) groups is 5. The zero-order valence-electron chi connectivity index (χ0n) is 37.3. The lowest BCUT2D eigenvalue weighted by Crippen LogP contribution is -2.58. The minimum atomic E-state index is -1.06. The molecule has 2 N–H and O–H groups in total. The second-order valence-corrected chi connectivity index (χ2v) is 18.1. The van der Waals surface area contributed by atoms with Gasteiger partial charge in [0, 0.05) is 45.7 Å². The van der Waals surface area contributed by atoms with Crippen LogP contribution in [0.2, 0.25) is 0 Å². The Kier molecular flexibility index (Phi) is 16.5. The van der Waals surface area contributed by atoms with Gasteiger partial charge in [0.1, 0.15) is 24.4 Å². The van der Waals surface area contributed by atoms with Crippen LogP contribution in [-0.2, 0) is 55.8 Å². The predicted molar refractivity (Wildman–Crippen MR) is 220 cm³/mol. The summed E-state index contributed by atoms with van der Waals surface area (Å²) < 4.78 is 23.7. The Morgan fingerprint density at radius 3 is 2.11 bits per heavy atom. The molecule has 2 aliphatic rings. The van der Waals surface area contributed by atoms with E-state index in [0.29, 0.717) is 19.5 Å². The van der Waals surface area contributed by atoms with E-state index < -0.39 is 53.3 Å². The summed E-state index contributed by atoms with van der Waals surface area (Å²) in [6.07, 6.45) is -1.11. The number of nitrogens with one attached hydrogen (secondary N) is 2. The summed E-state index contributed by atoms with van der Waals surface area (Å²) in [5.74, 6) is -1.60. The highest BCUT2D eigenvalue weighted by molar-refractivity contribution is 5.92. The third kappa shape index (κ3) is 12.4. The van der Waals surface area contributed by atoms with Gasteiger partial charge in [0.05, 0.1) is 6.10 Å². The second kappa shape index (κ2) is 19.8. The lowest BCUT2D eigenvalue weighted by atomic mass is 9.61. The molecule has 1 aromatic carbocycles. The summed E-state index contributed by atoms with van der Waals surface area (Å²) in [7, 11) is 3.89. The maximum Gasteiger partial charge on any atom is 0.303 e. The number of esters is 3. The lowest BCUT2D eigenvalue weighted by Gasteiger charge is -2.50. The van der Waals surface area contributed by atoms with Gasteiger partial charge in [-0.25, -0.2) is 0 Å². The van der Waals surface area contributed by atoms with Crippen molar-refractivity contribution in [1.82, 2.24) is 15.5 Å². The fraction of sp³-hybridized carbons (Fsp3) is 0.711. The van der Waals surface area contributed by atoms with Crippen LogP contribution in [0.4, 0.5) is 0 Å². The maximum atomic E-state index is 13.6. The van der Waals surface area contributed by atoms with Crippen LogP contribution in [0.15, 0.2) is 29.3 Å². The van der Waals surface area contributed by atoms with E-state index in [1.165, 1.54) is 37.5 Å². The Hall–Kier alpha value is -3.77. The minimum Gasteiger partial charge on any atom is -0.463 e. The first-order valence-corrected chi connectivity index (χ1v) is 20.5. The Balaban J connectivity index is 1.84. The third-order valence-electron chi connectivity index (χ3n) is 12.7. The molecule has 1 aromatic rings. The molecule has 1 saturated heterocycles. The second-order valence-electron chi connectivity index (χ2n) is 18.1. The maximum absolute atomic E-state index is 13.6. The largest absolute Gasteiger partial charge is 0.463 e.